The van der Waals surface area contributed by atoms with Crippen LogP contribution in [0, 0.1) is 10.1 Å². The number of rotatable bonds is 5. The van der Waals surface area contributed by atoms with Gasteiger partial charge in [-0.05, 0) is 4.43 Å². The van der Waals surface area contributed by atoms with Crippen LogP contribution < -0.4 is 0 Å². The molecule has 0 aliphatic heterocycles. The number of nitrogens with zero attached hydrogens (tertiary/aromatic N) is 2. The second-order valence-corrected chi connectivity index (χ2v) is 4.00. The van der Waals surface area contributed by atoms with Gasteiger partial charge in [-0.25, -0.2) is 0 Å². The third-order valence-electron chi connectivity index (χ3n) is 1.43. The first-order valence-corrected chi connectivity index (χ1v) is 5.97. The highest BCUT2D eigenvalue weighted by molar-refractivity contribution is 14.1. The van der Waals surface area contributed by atoms with Gasteiger partial charge in [0, 0.05) is 6.42 Å². The summed E-state index contributed by atoms with van der Waals surface area (Å²) in [7, 11) is 0. The number of hydrogen-bond donors (Lipinski definition) is 1. The van der Waals surface area contributed by atoms with Crippen molar-refractivity contribution in [1.29, 1.82) is 0 Å². The molecule has 1 N–H and O–H groups in total. The SMILES string of the molecule is CCI.O=COCCc1[nH]ncc1[N+](=O)[O-]. The first-order chi connectivity index (χ1) is 7.67. The molecule has 0 fully saturated rings. The molecule has 0 saturated heterocycles. The van der Waals surface area contributed by atoms with Gasteiger partial charge < -0.3 is 4.74 Å². The summed E-state index contributed by atoms with van der Waals surface area (Å²) in [5.74, 6) is 0. The van der Waals surface area contributed by atoms with Gasteiger partial charge in [-0.3, -0.25) is 20.0 Å². The molecule has 1 heterocycles. The lowest BCUT2D eigenvalue weighted by molar-refractivity contribution is -0.385. The van der Waals surface area contributed by atoms with Gasteiger partial charge in [0.05, 0.1) is 11.5 Å². The van der Waals surface area contributed by atoms with E-state index < -0.39 is 4.92 Å². The fourth-order valence-corrected chi connectivity index (χ4v) is 0.857. The zero-order valence-corrected chi connectivity index (χ0v) is 10.8. The lowest BCUT2D eigenvalue weighted by Crippen LogP contribution is -2.00. The Kier molecular flexibility index (Phi) is 8.39. The monoisotopic (exact) mass is 341 g/mol. The summed E-state index contributed by atoms with van der Waals surface area (Å²) in [5.41, 5.74) is 0.265. The molecule has 8 heteroatoms. The minimum Gasteiger partial charge on any atom is -0.467 e. The van der Waals surface area contributed by atoms with Crippen molar-refractivity contribution in [3.8, 4) is 0 Å². The Morgan fingerprint density at radius 2 is 2.38 bits per heavy atom. The summed E-state index contributed by atoms with van der Waals surface area (Å²) in [6.07, 6.45) is 1.38. The third-order valence-corrected chi connectivity index (χ3v) is 1.43. The summed E-state index contributed by atoms with van der Waals surface area (Å²) in [6.45, 7) is 2.51. The molecular weight excluding hydrogens is 329 g/mol. The average Bonchev–Trinajstić information content (AvgIpc) is 2.68. The maximum atomic E-state index is 10.4. The number of ether oxygens (including phenoxy) is 1. The van der Waals surface area contributed by atoms with E-state index in [-0.39, 0.29) is 18.7 Å². The van der Waals surface area contributed by atoms with E-state index >= 15 is 0 Å². The van der Waals surface area contributed by atoms with Crippen molar-refractivity contribution in [3.05, 3.63) is 22.0 Å². The van der Waals surface area contributed by atoms with Crippen LogP contribution in [-0.2, 0) is 16.0 Å². The molecule has 0 saturated carbocycles. The van der Waals surface area contributed by atoms with Gasteiger partial charge in [-0.1, -0.05) is 29.5 Å². The highest BCUT2D eigenvalue weighted by Crippen LogP contribution is 2.14. The lowest BCUT2D eigenvalue weighted by atomic mass is 10.3. The Morgan fingerprint density at radius 3 is 2.88 bits per heavy atom. The van der Waals surface area contributed by atoms with Crippen LogP contribution in [0.15, 0.2) is 6.20 Å². The van der Waals surface area contributed by atoms with Gasteiger partial charge in [0.25, 0.3) is 6.47 Å². The minimum atomic E-state index is -0.542. The summed E-state index contributed by atoms with van der Waals surface area (Å²) in [4.78, 5) is 19.6. The lowest BCUT2D eigenvalue weighted by Gasteiger charge is -1.95. The van der Waals surface area contributed by atoms with Gasteiger partial charge in [0.2, 0.25) is 0 Å². The second kappa shape index (κ2) is 9.07. The Morgan fingerprint density at radius 1 is 1.75 bits per heavy atom. The average molecular weight is 341 g/mol. The van der Waals surface area contributed by atoms with Crippen LogP contribution >= 0.6 is 22.6 Å². The number of carbonyl (C=O) groups is 1. The number of hydrogen-bond acceptors (Lipinski definition) is 5. The summed E-state index contributed by atoms with van der Waals surface area (Å²) >= 11 is 2.29. The van der Waals surface area contributed by atoms with Crippen LogP contribution in [0.1, 0.15) is 12.6 Å². The van der Waals surface area contributed by atoms with Crippen LogP contribution in [0.5, 0.6) is 0 Å². The number of H-pyrrole nitrogens is 1. The molecule has 1 rings (SSSR count). The molecule has 0 spiro atoms. The van der Waals surface area contributed by atoms with E-state index in [1.54, 1.807) is 0 Å². The molecule has 90 valence electrons. The highest BCUT2D eigenvalue weighted by atomic mass is 127. The van der Waals surface area contributed by atoms with Crippen LogP contribution in [-0.4, -0.2) is 32.6 Å². The third kappa shape index (κ3) is 5.63. The Balaban J connectivity index is 0.000000673. The molecule has 0 aromatic carbocycles. The number of alkyl halides is 1. The highest BCUT2D eigenvalue weighted by Gasteiger charge is 2.15. The normalized spacial score (nSPS) is 8.88. The van der Waals surface area contributed by atoms with Gasteiger partial charge >= 0.3 is 5.69 Å². The topological polar surface area (TPSA) is 98.1 Å². The van der Waals surface area contributed by atoms with Gasteiger partial charge in [0.1, 0.15) is 11.9 Å². The second-order valence-electron chi connectivity index (χ2n) is 2.48. The summed E-state index contributed by atoms with van der Waals surface area (Å²) in [6, 6.07) is 0. The molecule has 0 aliphatic rings. The summed E-state index contributed by atoms with van der Waals surface area (Å²) < 4.78 is 5.61. The minimum absolute atomic E-state index is 0.0884. The first kappa shape index (κ1) is 14.8. The van der Waals surface area contributed by atoms with E-state index in [9.17, 15) is 14.9 Å². The van der Waals surface area contributed by atoms with Crippen molar-refractivity contribution in [2.24, 2.45) is 0 Å². The fourth-order valence-electron chi connectivity index (χ4n) is 0.857. The predicted octanol–water partition coefficient (Wildman–Crippen LogP) is 1.47. The molecular formula is C8H12IN3O4. The maximum absolute atomic E-state index is 10.4. The van der Waals surface area contributed by atoms with Crippen LogP contribution in [0.4, 0.5) is 5.69 Å². The van der Waals surface area contributed by atoms with Crippen molar-refractivity contribution >= 4 is 34.8 Å². The van der Waals surface area contributed by atoms with Crippen molar-refractivity contribution in [3.63, 3.8) is 0 Å². The quantitative estimate of drug-likeness (QED) is 0.218. The van der Waals surface area contributed by atoms with E-state index in [2.05, 4.69) is 44.4 Å². The number of nitrogens with one attached hydrogen (secondary N) is 1. The Bertz CT molecular complexity index is 329. The van der Waals surface area contributed by atoms with Crippen LogP contribution in [0.2, 0.25) is 0 Å². The van der Waals surface area contributed by atoms with Gasteiger partial charge in [-0.2, -0.15) is 5.10 Å². The molecule has 0 atom stereocenters. The summed E-state index contributed by atoms with van der Waals surface area (Å²) in [5, 5.41) is 16.3. The molecule has 1 aromatic rings. The number of nitro groups is 1. The van der Waals surface area contributed by atoms with E-state index in [1.807, 2.05) is 0 Å². The first-order valence-electron chi connectivity index (χ1n) is 4.45. The van der Waals surface area contributed by atoms with Crippen molar-refractivity contribution in [2.45, 2.75) is 13.3 Å². The molecule has 7 nitrogen and oxygen atoms in total. The molecule has 0 amide bonds. The Labute approximate surface area is 106 Å². The number of aromatic amines is 1. The molecule has 0 bridgehead atoms. The zero-order chi connectivity index (χ0) is 12.4. The van der Waals surface area contributed by atoms with Crippen molar-refractivity contribution in [1.82, 2.24) is 10.2 Å². The molecule has 0 unspecified atom stereocenters. The van der Waals surface area contributed by atoms with Crippen molar-refractivity contribution in [2.75, 3.05) is 11.0 Å². The number of aromatic nitrogens is 2. The predicted molar refractivity (Wildman–Crippen MR) is 65.5 cm³/mol. The van der Waals surface area contributed by atoms with Crippen LogP contribution in [0.3, 0.4) is 0 Å². The molecule has 0 aliphatic carbocycles. The molecule has 16 heavy (non-hydrogen) atoms. The largest absolute Gasteiger partial charge is 0.467 e. The van der Waals surface area contributed by atoms with Crippen LogP contribution in [0.25, 0.3) is 0 Å². The fraction of sp³-hybridized carbons (Fsp3) is 0.500. The standard InChI is InChI=1S/C6H7N3O4.C2H5I/c10-4-13-2-1-5-6(9(11)12)3-7-8-5;1-2-3/h3-4H,1-2H2,(H,7,8);2H2,1H3. The van der Waals surface area contributed by atoms with Gasteiger partial charge in [0.15, 0.2) is 0 Å². The number of halogens is 1. The zero-order valence-electron chi connectivity index (χ0n) is 8.68. The van der Waals surface area contributed by atoms with E-state index in [4.69, 9.17) is 0 Å². The Hall–Kier alpha value is -1.19. The maximum Gasteiger partial charge on any atom is 0.310 e. The van der Waals surface area contributed by atoms with Gasteiger partial charge in [-0.15, -0.1) is 0 Å². The number of carbonyl (C=O) groups excluding carboxylic acids is 1. The smallest absolute Gasteiger partial charge is 0.310 e. The molecule has 0 radical (unpaired) electrons. The van der Waals surface area contributed by atoms with E-state index in [1.165, 1.54) is 4.43 Å². The van der Waals surface area contributed by atoms with E-state index in [0.717, 1.165) is 6.20 Å². The van der Waals surface area contributed by atoms with E-state index in [0.29, 0.717) is 12.2 Å². The molecule has 1 aromatic heterocycles. The van der Waals surface area contributed by atoms with Crippen molar-refractivity contribution < 1.29 is 14.5 Å².